The van der Waals surface area contributed by atoms with Gasteiger partial charge >= 0.3 is 0 Å². The summed E-state index contributed by atoms with van der Waals surface area (Å²) in [4.78, 5) is 12.2. The van der Waals surface area contributed by atoms with E-state index in [1.807, 2.05) is 12.1 Å². The molecule has 1 aliphatic heterocycles. The molecule has 1 aromatic carbocycles. The summed E-state index contributed by atoms with van der Waals surface area (Å²) in [5, 5.41) is 17.3. The molecular weight excluding hydrogens is 256 g/mol. The van der Waals surface area contributed by atoms with Gasteiger partial charge in [0.2, 0.25) is 0 Å². The molecule has 1 aromatic heterocycles. The Hall–Kier alpha value is -2.28. The first kappa shape index (κ1) is 12.7. The van der Waals surface area contributed by atoms with Crippen molar-refractivity contribution in [1.29, 1.82) is 0 Å². The van der Waals surface area contributed by atoms with Crippen molar-refractivity contribution in [2.45, 2.75) is 18.9 Å². The molecule has 104 valence electrons. The van der Waals surface area contributed by atoms with Crippen molar-refractivity contribution in [3.05, 3.63) is 36.2 Å². The van der Waals surface area contributed by atoms with Crippen molar-refractivity contribution >= 4 is 5.91 Å². The van der Waals surface area contributed by atoms with Crippen LogP contribution in [0.1, 0.15) is 23.7 Å². The summed E-state index contributed by atoms with van der Waals surface area (Å²) in [6.45, 7) is 3.80. The van der Waals surface area contributed by atoms with Crippen LogP contribution in [0.2, 0.25) is 0 Å². The van der Waals surface area contributed by atoms with Crippen LogP contribution in [-0.4, -0.2) is 44.7 Å². The number of nitrogens with zero attached hydrogens (tertiary/aromatic N) is 4. The zero-order valence-electron chi connectivity index (χ0n) is 11.2. The van der Waals surface area contributed by atoms with Crippen LogP contribution in [-0.2, 0) is 0 Å². The minimum atomic E-state index is -0.161. The van der Waals surface area contributed by atoms with Gasteiger partial charge in [0, 0.05) is 12.1 Å². The molecule has 0 spiro atoms. The lowest BCUT2D eigenvalue weighted by atomic mass is 10.0. The summed E-state index contributed by atoms with van der Waals surface area (Å²) >= 11 is 0. The fourth-order valence-electron chi connectivity index (χ4n) is 2.32. The van der Waals surface area contributed by atoms with Gasteiger partial charge in [-0.15, -0.1) is 5.10 Å². The molecule has 0 aliphatic carbocycles. The van der Waals surface area contributed by atoms with Crippen LogP contribution in [0.4, 0.5) is 0 Å². The molecule has 2 aromatic rings. The number of hydrogen-bond acceptors (Lipinski definition) is 5. The van der Waals surface area contributed by atoms with Crippen molar-refractivity contribution in [3.63, 3.8) is 0 Å². The lowest BCUT2D eigenvalue weighted by Crippen LogP contribution is -2.47. The molecule has 20 heavy (non-hydrogen) atoms. The van der Waals surface area contributed by atoms with Crippen molar-refractivity contribution in [3.8, 4) is 5.69 Å². The average Bonchev–Trinajstić information content (AvgIpc) is 3.10. The van der Waals surface area contributed by atoms with Gasteiger partial charge in [0.15, 0.2) is 0 Å². The Morgan fingerprint density at radius 3 is 2.80 bits per heavy atom. The molecule has 3 rings (SSSR count). The fourth-order valence-corrected chi connectivity index (χ4v) is 2.32. The van der Waals surface area contributed by atoms with Crippen molar-refractivity contribution < 1.29 is 4.79 Å². The summed E-state index contributed by atoms with van der Waals surface area (Å²) in [5.74, 6) is -0.0561. The second-order valence-electron chi connectivity index (χ2n) is 5.24. The quantitative estimate of drug-likeness (QED) is 0.830. The smallest absolute Gasteiger partial charge is 0.251 e. The van der Waals surface area contributed by atoms with E-state index in [0.29, 0.717) is 5.56 Å². The molecule has 7 heteroatoms. The summed E-state index contributed by atoms with van der Waals surface area (Å²) < 4.78 is 1.55. The van der Waals surface area contributed by atoms with Gasteiger partial charge in [-0.05, 0) is 54.6 Å². The van der Waals surface area contributed by atoms with E-state index in [0.717, 1.165) is 25.2 Å². The van der Waals surface area contributed by atoms with Crippen molar-refractivity contribution in [1.82, 2.24) is 30.8 Å². The SMILES string of the molecule is CC1(NC(=O)c2ccc(-n3cnnn3)cc2)CCNC1. The number of carbonyl (C=O) groups excluding carboxylic acids is 1. The van der Waals surface area contributed by atoms with Gasteiger partial charge in [-0.2, -0.15) is 0 Å². The number of aromatic nitrogens is 4. The number of hydrogen-bond donors (Lipinski definition) is 2. The third kappa shape index (κ3) is 2.53. The number of benzene rings is 1. The lowest BCUT2D eigenvalue weighted by Gasteiger charge is -2.24. The number of nitrogens with one attached hydrogen (secondary N) is 2. The highest BCUT2D eigenvalue weighted by Gasteiger charge is 2.30. The predicted molar refractivity (Wildman–Crippen MR) is 72.5 cm³/mol. The topological polar surface area (TPSA) is 84.7 Å². The second-order valence-corrected chi connectivity index (χ2v) is 5.24. The third-order valence-electron chi connectivity index (χ3n) is 3.53. The first-order valence-electron chi connectivity index (χ1n) is 6.53. The van der Waals surface area contributed by atoms with Gasteiger partial charge < -0.3 is 10.6 Å². The molecule has 2 N–H and O–H groups in total. The van der Waals surface area contributed by atoms with Gasteiger partial charge in [-0.25, -0.2) is 4.68 Å². The van der Waals surface area contributed by atoms with Gasteiger partial charge in [-0.3, -0.25) is 4.79 Å². The summed E-state index contributed by atoms with van der Waals surface area (Å²) in [7, 11) is 0. The molecule has 1 amide bonds. The Morgan fingerprint density at radius 2 is 2.20 bits per heavy atom. The Balaban J connectivity index is 1.72. The highest BCUT2D eigenvalue weighted by molar-refractivity contribution is 5.94. The largest absolute Gasteiger partial charge is 0.346 e. The van der Waals surface area contributed by atoms with Crippen LogP contribution in [0.3, 0.4) is 0 Å². The Labute approximate surface area is 116 Å². The Morgan fingerprint density at radius 1 is 1.40 bits per heavy atom. The number of carbonyl (C=O) groups is 1. The lowest BCUT2D eigenvalue weighted by molar-refractivity contribution is 0.0913. The molecule has 1 unspecified atom stereocenters. The van der Waals surface area contributed by atoms with Crippen LogP contribution in [0, 0.1) is 0 Å². The zero-order valence-corrected chi connectivity index (χ0v) is 11.2. The molecule has 0 radical (unpaired) electrons. The number of amides is 1. The Bertz CT molecular complexity index is 586. The minimum Gasteiger partial charge on any atom is -0.346 e. The van der Waals surface area contributed by atoms with E-state index in [1.54, 1.807) is 16.8 Å². The molecular formula is C13H16N6O. The van der Waals surface area contributed by atoms with E-state index < -0.39 is 0 Å². The Kier molecular flexibility index (Phi) is 3.19. The van der Waals surface area contributed by atoms with Crippen molar-refractivity contribution in [2.75, 3.05) is 13.1 Å². The van der Waals surface area contributed by atoms with E-state index in [2.05, 4.69) is 33.1 Å². The number of rotatable bonds is 3. The van der Waals surface area contributed by atoms with Gasteiger partial charge in [0.1, 0.15) is 6.33 Å². The maximum atomic E-state index is 12.2. The van der Waals surface area contributed by atoms with Gasteiger partial charge in [-0.1, -0.05) is 0 Å². The number of tetrazole rings is 1. The van der Waals surface area contributed by atoms with E-state index >= 15 is 0 Å². The maximum Gasteiger partial charge on any atom is 0.251 e. The van der Waals surface area contributed by atoms with Gasteiger partial charge in [0.05, 0.1) is 11.2 Å². The van der Waals surface area contributed by atoms with Crippen LogP contribution in [0.5, 0.6) is 0 Å². The molecule has 1 saturated heterocycles. The highest BCUT2D eigenvalue weighted by atomic mass is 16.1. The summed E-state index contributed by atoms with van der Waals surface area (Å²) in [6.07, 6.45) is 2.46. The normalized spacial score (nSPS) is 21.9. The molecule has 2 heterocycles. The monoisotopic (exact) mass is 272 g/mol. The van der Waals surface area contributed by atoms with Crippen LogP contribution >= 0.6 is 0 Å². The van der Waals surface area contributed by atoms with E-state index in [1.165, 1.54) is 6.33 Å². The molecule has 1 fully saturated rings. The molecule has 0 saturated carbocycles. The molecule has 1 atom stereocenters. The average molecular weight is 272 g/mol. The first-order valence-corrected chi connectivity index (χ1v) is 6.53. The zero-order chi connectivity index (χ0) is 14.0. The highest BCUT2D eigenvalue weighted by Crippen LogP contribution is 2.15. The molecule has 0 bridgehead atoms. The van der Waals surface area contributed by atoms with Crippen LogP contribution in [0.15, 0.2) is 30.6 Å². The van der Waals surface area contributed by atoms with E-state index in [-0.39, 0.29) is 11.4 Å². The maximum absolute atomic E-state index is 12.2. The van der Waals surface area contributed by atoms with Crippen molar-refractivity contribution in [2.24, 2.45) is 0 Å². The van der Waals surface area contributed by atoms with Crippen LogP contribution < -0.4 is 10.6 Å². The van der Waals surface area contributed by atoms with Gasteiger partial charge in [0.25, 0.3) is 5.91 Å². The second kappa shape index (κ2) is 5.01. The molecule has 1 aliphatic rings. The fraction of sp³-hybridized carbons (Fsp3) is 0.385. The summed E-state index contributed by atoms with van der Waals surface area (Å²) in [5.41, 5.74) is 1.29. The van der Waals surface area contributed by atoms with E-state index in [9.17, 15) is 4.79 Å². The third-order valence-corrected chi connectivity index (χ3v) is 3.53. The standard InChI is InChI=1S/C13H16N6O/c1-13(6-7-14-8-13)16-12(20)10-2-4-11(5-3-10)19-9-15-17-18-19/h2-5,9,14H,6-8H2,1H3,(H,16,20). The van der Waals surface area contributed by atoms with Crippen LogP contribution in [0.25, 0.3) is 5.69 Å². The summed E-state index contributed by atoms with van der Waals surface area (Å²) in [6, 6.07) is 7.19. The van der Waals surface area contributed by atoms with E-state index in [4.69, 9.17) is 0 Å². The first-order chi connectivity index (χ1) is 9.66. The predicted octanol–water partition coefficient (Wildman–Crippen LogP) is 0.144. The minimum absolute atomic E-state index is 0.0561. The molecule has 7 nitrogen and oxygen atoms in total.